The van der Waals surface area contributed by atoms with Crippen LogP contribution in [0.25, 0.3) is 0 Å². The van der Waals surface area contributed by atoms with Gasteiger partial charge in [-0.15, -0.1) is 0 Å². The topological polar surface area (TPSA) is 152 Å². The Balaban J connectivity index is 2.44. The summed E-state index contributed by atoms with van der Waals surface area (Å²) < 4.78 is 22.0. The minimum absolute atomic E-state index is 0.137. The van der Waals surface area contributed by atoms with E-state index in [2.05, 4.69) is 98.9 Å². The van der Waals surface area contributed by atoms with Crippen LogP contribution in [0.4, 0.5) is 0 Å². The van der Waals surface area contributed by atoms with Gasteiger partial charge in [0.05, 0.1) is 13.2 Å². The van der Waals surface area contributed by atoms with Crippen molar-refractivity contribution in [3.63, 3.8) is 0 Å². The molecule has 1 aliphatic heterocycles. The van der Waals surface area contributed by atoms with Crippen LogP contribution in [0.1, 0.15) is 142 Å². The molecule has 6 atom stereocenters. The molecule has 10 heteroatoms. The molecule has 0 aromatic heterocycles. The monoisotopic (exact) mass is 827 g/mol. The fourth-order valence-electron chi connectivity index (χ4n) is 5.88. The molecule has 59 heavy (non-hydrogen) atoms. The van der Waals surface area contributed by atoms with Crippen LogP contribution in [0.15, 0.2) is 97.2 Å². The summed E-state index contributed by atoms with van der Waals surface area (Å²) in [6.45, 7) is 3.23. The van der Waals surface area contributed by atoms with E-state index in [-0.39, 0.29) is 26.1 Å². The van der Waals surface area contributed by atoms with Crippen LogP contribution in [0.5, 0.6) is 0 Å². The van der Waals surface area contributed by atoms with Crippen molar-refractivity contribution in [2.45, 2.75) is 179 Å². The van der Waals surface area contributed by atoms with Gasteiger partial charge in [0.15, 0.2) is 12.4 Å². The first-order valence-electron chi connectivity index (χ1n) is 22.3. The number of aliphatic hydroxyl groups excluding tert-OH is 4. The van der Waals surface area contributed by atoms with Crippen LogP contribution in [-0.4, -0.2) is 89.0 Å². The number of unbranched alkanes of at least 4 members (excludes halogenated alkanes) is 8. The van der Waals surface area contributed by atoms with Crippen molar-refractivity contribution >= 4 is 11.9 Å². The zero-order chi connectivity index (χ0) is 43.0. The van der Waals surface area contributed by atoms with Crippen molar-refractivity contribution in [3.05, 3.63) is 97.2 Å². The molecule has 0 radical (unpaired) electrons. The fourth-order valence-corrected chi connectivity index (χ4v) is 5.88. The number of carbonyl (C=O) groups excluding carboxylic acids is 2. The van der Waals surface area contributed by atoms with Crippen molar-refractivity contribution in [1.29, 1.82) is 0 Å². The van der Waals surface area contributed by atoms with Gasteiger partial charge >= 0.3 is 11.9 Å². The summed E-state index contributed by atoms with van der Waals surface area (Å²) in [6.07, 6.45) is 44.2. The van der Waals surface area contributed by atoms with E-state index in [1.807, 2.05) is 12.2 Å². The Labute approximate surface area is 356 Å². The number of hydrogen-bond acceptors (Lipinski definition) is 10. The zero-order valence-electron chi connectivity index (χ0n) is 36.2. The molecular formula is C49H78O10. The highest BCUT2D eigenvalue weighted by atomic mass is 16.7. The lowest BCUT2D eigenvalue weighted by Gasteiger charge is -2.39. The van der Waals surface area contributed by atoms with Gasteiger partial charge in [0.1, 0.15) is 31.0 Å². The van der Waals surface area contributed by atoms with Gasteiger partial charge in [0.25, 0.3) is 0 Å². The van der Waals surface area contributed by atoms with Gasteiger partial charge in [-0.25, -0.2) is 0 Å². The summed E-state index contributed by atoms with van der Waals surface area (Å²) in [5.74, 6) is -0.949. The number of ether oxygens (including phenoxy) is 4. The van der Waals surface area contributed by atoms with Crippen molar-refractivity contribution in [2.75, 3.05) is 19.8 Å². The number of allylic oxidation sites excluding steroid dienone is 16. The fraction of sp³-hybridized carbons (Fsp3) is 0.633. The molecular weight excluding hydrogens is 749 g/mol. The Morgan fingerprint density at radius 3 is 1.36 bits per heavy atom. The molecule has 0 bridgehead atoms. The normalized spacial score (nSPS) is 20.9. The van der Waals surface area contributed by atoms with Crippen LogP contribution >= 0.6 is 0 Å². The van der Waals surface area contributed by atoms with E-state index < -0.39 is 55.4 Å². The number of rotatable bonds is 35. The highest BCUT2D eigenvalue weighted by Crippen LogP contribution is 2.22. The maximum Gasteiger partial charge on any atom is 0.306 e. The minimum atomic E-state index is -1.62. The third-order valence-electron chi connectivity index (χ3n) is 9.44. The van der Waals surface area contributed by atoms with Crippen LogP contribution in [-0.2, 0) is 28.5 Å². The predicted molar refractivity (Wildman–Crippen MR) is 237 cm³/mol. The molecule has 10 nitrogen and oxygen atoms in total. The first kappa shape index (κ1) is 53.6. The second-order valence-electron chi connectivity index (χ2n) is 14.8. The Kier molecular flexibility index (Phi) is 35.3. The SMILES string of the molecule is CCCCC/C=C\C/C=C\C/C=C\C/C=C\CCCC(=O)OCC(CO[C@@H]1O[C@H](CO)[C@H](O)[C@H](O)[C@@H]1O)OC(=O)CCC/C=C\C/C=C\C/C=C\C/C=C\CCCCC. The Morgan fingerprint density at radius 2 is 0.932 bits per heavy atom. The number of esters is 2. The van der Waals surface area contributed by atoms with E-state index in [1.54, 1.807) is 0 Å². The maximum atomic E-state index is 12.7. The van der Waals surface area contributed by atoms with Crippen molar-refractivity contribution in [3.8, 4) is 0 Å². The quantitative estimate of drug-likeness (QED) is 0.0276. The molecule has 0 aromatic rings. The number of aliphatic hydroxyl groups is 4. The van der Waals surface area contributed by atoms with Gasteiger partial charge in [0.2, 0.25) is 0 Å². The molecule has 334 valence electrons. The average molecular weight is 827 g/mol. The summed E-state index contributed by atoms with van der Waals surface area (Å²) in [4.78, 5) is 25.3. The summed E-state index contributed by atoms with van der Waals surface area (Å²) in [5.41, 5.74) is 0. The van der Waals surface area contributed by atoms with Gasteiger partial charge in [-0.3, -0.25) is 9.59 Å². The van der Waals surface area contributed by atoms with Gasteiger partial charge < -0.3 is 39.4 Å². The Bertz CT molecular complexity index is 1280. The van der Waals surface area contributed by atoms with Crippen LogP contribution in [0.2, 0.25) is 0 Å². The first-order chi connectivity index (χ1) is 28.8. The minimum Gasteiger partial charge on any atom is -0.462 e. The third kappa shape index (κ3) is 30.3. The molecule has 1 rings (SSSR count). The van der Waals surface area contributed by atoms with Crippen LogP contribution in [0, 0.1) is 0 Å². The molecule has 1 heterocycles. The molecule has 1 saturated heterocycles. The van der Waals surface area contributed by atoms with E-state index in [0.717, 1.165) is 51.4 Å². The zero-order valence-corrected chi connectivity index (χ0v) is 36.2. The second kappa shape index (κ2) is 38.8. The summed E-state index contributed by atoms with van der Waals surface area (Å²) in [7, 11) is 0. The lowest BCUT2D eigenvalue weighted by atomic mass is 9.99. The summed E-state index contributed by atoms with van der Waals surface area (Å²) in [5, 5.41) is 40.1. The molecule has 0 spiro atoms. The van der Waals surface area contributed by atoms with Crippen molar-refractivity contribution in [2.24, 2.45) is 0 Å². The smallest absolute Gasteiger partial charge is 0.306 e. The average Bonchev–Trinajstić information content (AvgIpc) is 3.23. The van der Waals surface area contributed by atoms with E-state index >= 15 is 0 Å². The van der Waals surface area contributed by atoms with E-state index in [9.17, 15) is 30.0 Å². The van der Waals surface area contributed by atoms with Crippen molar-refractivity contribution < 1.29 is 49.0 Å². The lowest BCUT2D eigenvalue weighted by molar-refractivity contribution is -0.305. The van der Waals surface area contributed by atoms with Gasteiger partial charge in [-0.1, -0.05) is 137 Å². The Hall–Kier alpha value is -3.38. The third-order valence-corrected chi connectivity index (χ3v) is 9.44. The van der Waals surface area contributed by atoms with Gasteiger partial charge in [0, 0.05) is 12.8 Å². The number of carbonyl (C=O) groups is 2. The molecule has 0 saturated carbocycles. The highest BCUT2D eigenvalue weighted by molar-refractivity contribution is 5.70. The molecule has 1 aliphatic rings. The second-order valence-corrected chi connectivity index (χ2v) is 14.8. The molecule has 1 unspecified atom stereocenters. The van der Waals surface area contributed by atoms with Crippen molar-refractivity contribution in [1.82, 2.24) is 0 Å². The van der Waals surface area contributed by atoms with E-state index in [4.69, 9.17) is 18.9 Å². The lowest BCUT2D eigenvalue weighted by Crippen LogP contribution is -2.59. The molecule has 1 fully saturated rings. The van der Waals surface area contributed by atoms with E-state index in [1.165, 1.54) is 38.5 Å². The summed E-state index contributed by atoms with van der Waals surface area (Å²) in [6, 6.07) is 0. The molecule has 0 aliphatic carbocycles. The molecule has 0 aromatic carbocycles. The van der Waals surface area contributed by atoms with E-state index in [0.29, 0.717) is 25.7 Å². The Morgan fingerprint density at radius 1 is 0.525 bits per heavy atom. The van der Waals surface area contributed by atoms with Gasteiger partial charge in [-0.05, 0) is 89.9 Å². The predicted octanol–water partition coefficient (Wildman–Crippen LogP) is 9.55. The number of hydrogen-bond donors (Lipinski definition) is 4. The van der Waals surface area contributed by atoms with Crippen LogP contribution in [0.3, 0.4) is 0 Å². The van der Waals surface area contributed by atoms with Gasteiger partial charge in [-0.2, -0.15) is 0 Å². The largest absolute Gasteiger partial charge is 0.462 e. The van der Waals surface area contributed by atoms with Crippen LogP contribution < -0.4 is 0 Å². The maximum absolute atomic E-state index is 12.7. The molecule has 0 amide bonds. The molecule has 4 N–H and O–H groups in total. The first-order valence-corrected chi connectivity index (χ1v) is 22.3. The summed E-state index contributed by atoms with van der Waals surface area (Å²) >= 11 is 0. The highest BCUT2D eigenvalue weighted by Gasteiger charge is 2.44. The standard InChI is InChI=1S/C49H78O10/c1-3-5-7-9-11-13-15-17-19-21-23-25-27-29-31-33-35-37-44(51)56-40-42(41-57-49-48(55)47(54)46(53)43(39-50)59-49)58-45(52)38-36-34-32-30-28-26-24-22-20-18-16-14-12-10-8-6-4-2/h11-14,17-20,23-26,29-32,42-43,46-50,53-55H,3-10,15-16,21-22,27-28,33-41H2,1-2H3/b13-11-,14-12-,19-17-,20-18-,25-23-,26-24-,31-29-,32-30-/t42?,43-,46+,47+,48+,49-/m1/s1.